The van der Waals surface area contributed by atoms with E-state index in [4.69, 9.17) is 4.74 Å². The fourth-order valence-corrected chi connectivity index (χ4v) is 7.09. The Morgan fingerprint density at radius 1 is 1.24 bits per heavy atom. The summed E-state index contributed by atoms with van der Waals surface area (Å²) in [7, 11) is 0. The van der Waals surface area contributed by atoms with Crippen LogP contribution >= 0.6 is 0 Å². The first-order valence-electron chi connectivity index (χ1n) is 11.7. The van der Waals surface area contributed by atoms with Crippen LogP contribution in [-0.4, -0.2) is 41.0 Å². The number of carbonyl (C=O) groups excluding carboxylic acids is 1. The van der Waals surface area contributed by atoms with Crippen LogP contribution in [0.15, 0.2) is 18.3 Å². The quantitative estimate of drug-likeness (QED) is 0.794. The number of ether oxygens (including phenoxy) is 1. The van der Waals surface area contributed by atoms with Crippen molar-refractivity contribution in [1.29, 1.82) is 0 Å². The minimum absolute atomic E-state index is 0.115. The van der Waals surface area contributed by atoms with E-state index in [1.54, 1.807) is 6.20 Å². The van der Waals surface area contributed by atoms with Gasteiger partial charge in [-0.05, 0) is 88.7 Å². The Kier molecular flexibility index (Phi) is 5.27. The van der Waals surface area contributed by atoms with Crippen LogP contribution in [0.2, 0.25) is 0 Å². The lowest BCUT2D eigenvalue weighted by molar-refractivity contribution is -0.132. The Morgan fingerprint density at radius 2 is 1.97 bits per heavy atom. The average molecular weight is 398 g/mol. The normalized spacial score (nSPS) is 36.2. The van der Waals surface area contributed by atoms with Crippen molar-refractivity contribution in [3.63, 3.8) is 0 Å². The molecule has 4 bridgehead atoms. The highest BCUT2D eigenvalue weighted by atomic mass is 16.5. The fourth-order valence-electron chi connectivity index (χ4n) is 7.09. The maximum absolute atomic E-state index is 13.3. The van der Waals surface area contributed by atoms with Gasteiger partial charge in [0.25, 0.3) is 0 Å². The van der Waals surface area contributed by atoms with Crippen molar-refractivity contribution in [2.75, 3.05) is 19.7 Å². The number of rotatable bonds is 6. The zero-order valence-corrected chi connectivity index (χ0v) is 17.7. The second-order valence-corrected chi connectivity index (χ2v) is 10.2. The molecular formula is C24H35N3O2. The van der Waals surface area contributed by atoms with Crippen molar-refractivity contribution in [2.45, 2.75) is 70.4 Å². The van der Waals surface area contributed by atoms with E-state index in [0.29, 0.717) is 12.5 Å². The molecule has 1 amide bonds. The van der Waals surface area contributed by atoms with E-state index >= 15 is 0 Å². The lowest BCUT2D eigenvalue weighted by Gasteiger charge is -2.57. The molecule has 1 atom stereocenters. The maximum Gasteiger partial charge on any atom is 0.224 e. The number of hydrogen-bond acceptors (Lipinski definition) is 4. The molecule has 0 aromatic carbocycles. The molecule has 1 aromatic rings. The van der Waals surface area contributed by atoms with Gasteiger partial charge < -0.3 is 10.1 Å². The molecule has 5 nitrogen and oxygen atoms in total. The molecule has 4 saturated carbocycles. The van der Waals surface area contributed by atoms with Crippen molar-refractivity contribution < 1.29 is 9.53 Å². The second kappa shape index (κ2) is 7.90. The highest BCUT2D eigenvalue weighted by Crippen LogP contribution is 2.55. The van der Waals surface area contributed by atoms with Gasteiger partial charge in [0.1, 0.15) is 0 Å². The van der Waals surface area contributed by atoms with Crippen molar-refractivity contribution in [3.05, 3.63) is 23.9 Å². The van der Waals surface area contributed by atoms with E-state index in [0.717, 1.165) is 61.7 Å². The number of hydrogen-bond donors (Lipinski definition) is 1. The van der Waals surface area contributed by atoms with Gasteiger partial charge in [-0.3, -0.25) is 9.69 Å². The highest BCUT2D eigenvalue weighted by molar-refractivity contribution is 5.80. The lowest BCUT2D eigenvalue weighted by Crippen LogP contribution is -2.61. The van der Waals surface area contributed by atoms with Crippen molar-refractivity contribution in [2.24, 2.45) is 23.7 Å². The number of aromatic nitrogens is 1. The zero-order chi connectivity index (χ0) is 19.8. The van der Waals surface area contributed by atoms with Gasteiger partial charge in [-0.1, -0.05) is 6.07 Å². The number of nitrogens with zero attached hydrogens (tertiary/aromatic N) is 2. The van der Waals surface area contributed by atoms with Crippen LogP contribution in [0.3, 0.4) is 0 Å². The molecule has 2 heterocycles. The summed E-state index contributed by atoms with van der Waals surface area (Å²) in [5, 5.41) is 3.61. The number of likely N-dealkylation sites (tertiary alicyclic amines) is 1. The number of amides is 1. The van der Waals surface area contributed by atoms with E-state index in [2.05, 4.69) is 21.3 Å². The van der Waals surface area contributed by atoms with Crippen LogP contribution in [0.5, 0.6) is 5.88 Å². The van der Waals surface area contributed by atoms with E-state index in [-0.39, 0.29) is 11.5 Å². The zero-order valence-electron chi connectivity index (χ0n) is 17.7. The molecule has 158 valence electrons. The minimum Gasteiger partial charge on any atom is -0.478 e. The molecular weight excluding hydrogens is 362 g/mol. The third kappa shape index (κ3) is 4.03. The van der Waals surface area contributed by atoms with Gasteiger partial charge in [0, 0.05) is 30.4 Å². The number of piperidine rings is 1. The third-order valence-electron chi connectivity index (χ3n) is 7.83. The molecule has 4 aliphatic carbocycles. The molecule has 1 unspecified atom stereocenters. The molecule has 5 aliphatic rings. The van der Waals surface area contributed by atoms with Gasteiger partial charge >= 0.3 is 0 Å². The van der Waals surface area contributed by atoms with Gasteiger partial charge in [0.2, 0.25) is 11.8 Å². The maximum atomic E-state index is 13.3. The predicted molar refractivity (Wildman–Crippen MR) is 112 cm³/mol. The Bertz CT molecular complexity index is 714. The molecule has 5 fully saturated rings. The van der Waals surface area contributed by atoms with Crippen molar-refractivity contribution >= 4 is 5.91 Å². The van der Waals surface area contributed by atoms with Crippen LogP contribution in [0.4, 0.5) is 0 Å². The standard InChI is InChI=1S/C24H35N3O2/c1-2-29-23-21(5-3-7-25-23)16-27-8-4-6-20(15-27)22(28)26-24-12-17-9-18(13-24)11-19(10-17)14-24/h3,5,7,17-20H,2,4,6,8-16H2,1H3,(H,26,28). The van der Waals surface area contributed by atoms with Crippen LogP contribution in [0.1, 0.15) is 63.9 Å². The highest BCUT2D eigenvalue weighted by Gasteiger charge is 2.51. The summed E-state index contributed by atoms with van der Waals surface area (Å²) < 4.78 is 5.69. The molecule has 0 spiro atoms. The molecule has 5 heteroatoms. The number of pyridine rings is 1. The topological polar surface area (TPSA) is 54.5 Å². The van der Waals surface area contributed by atoms with Crippen molar-refractivity contribution in [1.82, 2.24) is 15.2 Å². The molecule has 6 rings (SSSR count). The SMILES string of the molecule is CCOc1ncccc1CN1CCCC(C(=O)NC23CC4CC(CC(C4)C2)C3)C1. The van der Waals surface area contributed by atoms with Gasteiger partial charge in [-0.25, -0.2) is 4.98 Å². The van der Waals surface area contributed by atoms with Crippen LogP contribution in [-0.2, 0) is 11.3 Å². The predicted octanol–water partition coefficient (Wildman–Crippen LogP) is 3.78. The summed E-state index contributed by atoms with van der Waals surface area (Å²) in [6.45, 7) is 5.31. The fraction of sp³-hybridized carbons (Fsp3) is 0.750. The van der Waals surface area contributed by atoms with Crippen LogP contribution in [0.25, 0.3) is 0 Å². The van der Waals surface area contributed by atoms with E-state index in [9.17, 15) is 4.79 Å². The molecule has 1 saturated heterocycles. The number of nitrogens with one attached hydrogen (secondary N) is 1. The first-order valence-corrected chi connectivity index (χ1v) is 11.7. The summed E-state index contributed by atoms with van der Waals surface area (Å²) in [4.78, 5) is 20.1. The second-order valence-electron chi connectivity index (χ2n) is 10.2. The molecule has 1 aromatic heterocycles. The Morgan fingerprint density at radius 3 is 2.66 bits per heavy atom. The first-order chi connectivity index (χ1) is 14.1. The van der Waals surface area contributed by atoms with Gasteiger partial charge in [0.05, 0.1) is 12.5 Å². The smallest absolute Gasteiger partial charge is 0.224 e. The lowest BCUT2D eigenvalue weighted by atomic mass is 9.53. The third-order valence-corrected chi connectivity index (χ3v) is 7.83. The summed E-state index contributed by atoms with van der Waals surface area (Å²) in [5.74, 6) is 3.76. The summed E-state index contributed by atoms with van der Waals surface area (Å²) >= 11 is 0. The monoisotopic (exact) mass is 397 g/mol. The first kappa shape index (κ1) is 19.3. The molecule has 29 heavy (non-hydrogen) atoms. The van der Waals surface area contributed by atoms with Gasteiger partial charge in [-0.15, -0.1) is 0 Å². The van der Waals surface area contributed by atoms with Crippen LogP contribution in [0, 0.1) is 23.7 Å². The summed E-state index contributed by atoms with van der Waals surface area (Å²) in [6, 6.07) is 4.07. The molecule has 1 aliphatic heterocycles. The van der Waals surface area contributed by atoms with E-state index in [1.165, 1.54) is 38.5 Å². The largest absolute Gasteiger partial charge is 0.478 e. The van der Waals surface area contributed by atoms with Crippen LogP contribution < -0.4 is 10.1 Å². The Balaban J connectivity index is 1.21. The van der Waals surface area contributed by atoms with Gasteiger partial charge in [0.15, 0.2) is 0 Å². The molecule has 0 radical (unpaired) electrons. The van der Waals surface area contributed by atoms with E-state index in [1.807, 2.05) is 13.0 Å². The number of carbonyl (C=O) groups is 1. The van der Waals surface area contributed by atoms with Gasteiger partial charge in [-0.2, -0.15) is 0 Å². The van der Waals surface area contributed by atoms with Crippen molar-refractivity contribution in [3.8, 4) is 5.88 Å². The summed E-state index contributed by atoms with van der Waals surface area (Å²) in [5.41, 5.74) is 1.25. The Hall–Kier alpha value is -1.62. The van der Waals surface area contributed by atoms with E-state index < -0.39 is 0 Å². The molecule has 1 N–H and O–H groups in total. The Labute approximate surface area is 174 Å². The minimum atomic E-state index is 0.115. The summed E-state index contributed by atoms with van der Waals surface area (Å²) in [6.07, 6.45) is 11.8. The average Bonchev–Trinajstić information content (AvgIpc) is 2.68.